The molecule has 0 spiro atoms. The number of rotatable bonds is 4. The third-order valence-electron chi connectivity index (χ3n) is 3.94. The number of hydrogen-bond donors (Lipinski definition) is 2. The van der Waals surface area contributed by atoms with Crippen molar-refractivity contribution in [2.24, 2.45) is 11.7 Å². The van der Waals surface area contributed by atoms with Gasteiger partial charge in [-0.05, 0) is 43.5 Å². The lowest BCUT2D eigenvalue weighted by molar-refractivity contribution is 0.0595. The number of carbonyl (C=O) groups excluding carboxylic acids is 1. The van der Waals surface area contributed by atoms with E-state index in [-0.39, 0.29) is 11.6 Å². The van der Waals surface area contributed by atoms with Gasteiger partial charge in [0.15, 0.2) is 0 Å². The molecule has 1 fully saturated rings. The van der Waals surface area contributed by atoms with Crippen LogP contribution in [-0.4, -0.2) is 25.7 Å². The second-order valence-corrected chi connectivity index (χ2v) is 5.22. The number of methoxy groups -OCH3 is 1. The fourth-order valence-corrected chi connectivity index (χ4v) is 2.78. The van der Waals surface area contributed by atoms with Gasteiger partial charge in [0.25, 0.3) is 0 Å². The normalized spacial score (nSPS) is 22.4. The van der Waals surface area contributed by atoms with Crippen molar-refractivity contribution in [2.75, 3.05) is 19.0 Å². The minimum atomic E-state index is -0.662. The van der Waals surface area contributed by atoms with Gasteiger partial charge in [-0.1, -0.05) is 12.8 Å². The fourth-order valence-electron chi connectivity index (χ4n) is 2.78. The summed E-state index contributed by atoms with van der Waals surface area (Å²) in [4.78, 5) is 11.5. The Hall–Kier alpha value is -1.62. The third-order valence-corrected chi connectivity index (χ3v) is 3.94. The summed E-state index contributed by atoms with van der Waals surface area (Å²) in [5.41, 5.74) is 6.49. The van der Waals surface area contributed by atoms with Crippen molar-refractivity contribution >= 4 is 11.7 Å². The van der Waals surface area contributed by atoms with Crippen LogP contribution in [0.25, 0.3) is 0 Å². The second kappa shape index (κ2) is 6.70. The number of nitrogens with one attached hydrogen (secondary N) is 1. The molecule has 3 N–H and O–H groups in total. The van der Waals surface area contributed by atoms with Gasteiger partial charge in [-0.2, -0.15) is 0 Å². The number of carbonyl (C=O) groups is 1. The van der Waals surface area contributed by atoms with Crippen LogP contribution < -0.4 is 11.1 Å². The maximum Gasteiger partial charge on any atom is 0.340 e. The fraction of sp³-hybridized carbons (Fsp3) is 0.533. The molecule has 0 radical (unpaired) electrons. The van der Waals surface area contributed by atoms with Crippen molar-refractivity contribution in [3.63, 3.8) is 0 Å². The van der Waals surface area contributed by atoms with Gasteiger partial charge in [0.1, 0.15) is 5.82 Å². The second-order valence-electron chi connectivity index (χ2n) is 5.22. The summed E-state index contributed by atoms with van der Waals surface area (Å²) in [5, 5.41) is 3.37. The smallest absolute Gasteiger partial charge is 0.340 e. The lowest BCUT2D eigenvalue weighted by atomic mass is 9.84. The maximum absolute atomic E-state index is 13.6. The zero-order valence-electron chi connectivity index (χ0n) is 11.7. The van der Waals surface area contributed by atoms with Crippen molar-refractivity contribution in [3.05, 3.63) is 29.6 Å². The highest BCUT2D eigenvalue weighted by atomic mass is 19.1. The van der Waals surface area contributed by atoms with Crippen molar-refractivity contribution in [1.82, 2.24) is 0 Å². The molecule has 0 aromatic heterocycles. The molecule has 1 aliphatic rings. The number of ether oxygens (including phenoxy) is 1. The molecule has 1 aliphatic carbocycles. The number of benzene rings is 1. The van der Waals surface area contributed by atoms with Crippen LogP contribution in [-0.2, 0) is 4.74 Å². The number of anilines is 1. The van der Waals surface area contributed by atoms with Crippen LogP contribution in [0.4, 0.5) is 10.1 Å². The van der Waals surface area contributed by atoms with E-state index < -0.39 is 11.8 Å². The van der Waals surface area contributed by atoms with E-state index in [0.717, 1.165) is 18.5 Å². The molecule has 0 aliphatic heterocycles. The summed E-state index contributed by atoms with van der Waals surface area (Å²) in [5.74, 6) is -0.804. The van der Waals surface area contributed by atoms with E-state index in [0.29, 0.717) is 12.5 Å². The molecule has 2 unspecified atom stereocenters. The van der Waals surface area contributed by atoms with Gasteiger partial charge >= 0.3 is 5.97 Å². The van der Waals surface area contributed by atoms with Crippen molar-refractivity contribution in [3.8, 4) is 0 Å². The number of nitrogens with two attached hydrogens (primary N) is 1. The van der Waals surface area contributed by atoms with E-state index in [1.54, 1.807) is 6.07 Å². The van der Waals surface area contributed by atoms with Crippen LogP contribution in [0.1, 0.15) is 36.0 Å². The van der Waals surface area contributed by atoms with Crippen molar-refractivity contribution in [1.29, 1.82) is 0 Å². The standard InChI is InChI=1S/C15H21FN2O2/c1-20-15(19)12-8-11(6-7-13(12)16)18-14-5-3-2-4-10(14)9-17/h6-8,10,14,18H,2-5,9,17H2,1H3. The number of halogens is 1. The largest absolute Gasteiger partial charge is 0.465 e. The zero-order valence-corrected chi connectivity index (χ0v) is 11.7. The Balaban J connectivity index is 2.14. The van der Waals surface area contributed by atoms with Gasteiger partial charge in [0.05, 0.1) is 12.7 Å². The van der Waals surface area contributed by atoms with Gasteiger partial charge in [-0.3, -0.25) is 0 Å². The number of esters is 1. The molecule has 1 saturated carbocycles. The first-order valence-corrected chi connectivity index (χ1v) is 7.00. The van der Waals surface area contributed by atoms with Crippen LogP contribution in [0.5, 0.6) is 0 Å². The van der Waals surface area contributed by atoms with E-state index in [4.69, 9.17) is 5.73 Å². The zero-order chi connectivity index (χ0) is 14.5. The predicted octanol–water partition coefficient (Wildman–Crippen LogP) is 2.54. The molecule has 1 aromatic carbocycles. The molecule has 110 valence electrons. The minimum Gasteiger partial charge on any atom is -0.465 e. The highest BCUT2D eigenvalue weighted by molar-refractivity contribution is 5.90. The lowest BCUT2D eigenvalue weighted by Crippen LogP contribution is -2.36. The molecule has 20 heavy (non-hydrogen) atoms. The lowest BCUT2D eigenvalue weighted by Gasteiger charge is -2.32. The van der Waals surface area contributed by atoms with Crippen LogP contribution >= 0.6 is 0 Å². The molecule has 2 rings (SSSR count). The van der Waals surface area contributed by atoms with E-state index in [2.05, 4.69) is 10.1 Å². The maximum atomic E-state index is 13.6. The summed E-state index contributed by atoms with van der Waals surface area (Å²) in [7, 11) is 1.24. The summed E-state index contributed by atoms with van der Waals surface area (Å²) < 4.78 is 18.2. The van der Waals surface area contributed by atoms with Crippen molar-refractivity contribution < 1.29 is 13.9 Å². The topological polar surface area (TPSA) is 64.3 Å². The molecule has 0 saturated heterocycles. The van der Waals surface area contributed by atoms with E-state index in [1.165, 1.54) is 32.1 Å². The van der Waals surface area contributed by atoms with Crippen LogP contribution in [0.3, 0.4) is 0 Å². The molecule has 5 heteroatoms. The van der Waals surface area contributed by atoms with Crippen LogP contribution in [0.15, 0.2) is 18.2 Å². The molecule has 4 nitrogen and oxygen atoms in total. The Kier molecular flexibility index (Phi) is 4.95. The Morgan fingerprint density at radius 1 is 1.45 bits per heavy atom. The first-order valence-electron chi connectivity index (χ1n) is 7.00. The van der Waals surface area contributed by atoms with Gasteiger partial charge in [-0.15, -0.1) is 0 Å². The average Bonchev–Trinajstić information content (AvgIpc) is 2.49. The van der Waals surface area contributed by atoms with Gasteiger partial charge in [-0.25, -0.2) is 9.18 Å². The number of hydrogen-bond acceptors (Lipinski definition) is 4. The SMILES string of the molecule is COC(=O)c1cc(NC2CCCCC2CN)ccc1F. The molecule has 2 atom stereocenters. The summed E-state index contributed by atoms with van der Waals surface area (Å²) in [6, 6.07) is 4.71. The molecular formula is C15H21FN2O2. The van der Waals surface area contributed by atoms with Gasteiger partial charge < -0.3 is 15.8 Å². The summed E-state index contributed by atoms with van der Waals surface area (Å²) in [6.07, 6.45) is 4.53. The van der Waals surface area contributed by atoms with E-state index >= 15 is 0 Å². The quantitative estimate of drug-likeness (QED) is 0.832. The Bertz CT molecular complexity index is 479. The summed E-state index contributed by atoms with van der Waals surface area (Å²) in [6.45, 7) is 0.642. The summed E-state index contributed by atoms with van der Waals surface area (Å²) >= 11 is 0. The minimum absolute atomic E-state index is 0.0439. The highest BCUT2D eigenvalue weighted by Gasteiger charge is 2.24. The van der Waals surface area contributed by atoms with Gasteiger partial charge in [0.2, 0.25) is 0 Å². The monoisotopic (exact) mass is 280 g/mol. The first-order chi connectivity index (χ1) is 9.65. The Labute approximate surface area is 118 Å². The first kappa shape index (κ1) is 14.8. The molecular weight excluding hydrogens is 259 g/mol. The molecule has 0 amide bonds. The van der Waals surface area contributed by atoms with Crippen LogP contribution in [0, 0.1) is 11.7 Å². The van der Waals surface area contributed by atoms with Gasteiger partial charge in [0, 0.05) is 11.7 Å². The van der Waals surface area contributed by atoms with Crippen molar-refractivity contribution in [2.45, 2.75) is 31.7 Å². The Morgan fingerprint density at radius 2 is 2.20 bits per heavy atom. The average molecular weight is 280 g/mol. The molecule has 1 aromatic rings. The predicted molar refractivity (Wildman–Crippen MR) is 76.2 cm³/mol. The van der Waals surface area contributed by atoms with E-state index in [9.17, 15) is 9.18 Å². The highest BCUT2D eigenvalue weighted by Crippen LogP contribution is 2.27. The van der Waals surface area contributed by atoms with E-state index in [1.807, 2.05) is 0 Å². The molecule has 0 heterocycles. The molecule has 0 bridgehead atoms. The third kappa shape index (κ3) is 3.28. The van der Waals surface area contributed by atoms with Crippen LogP contribution in [0.2, 0.25) is 0 Å². The Morgan fingerprint density at radius 3 is 2.90 bits per heavy atom.